The van der Waals surface area contributed by atoms with Gasteiger partial charge in [-0.2, -0.15) is 0 Å². The van der Waals surface area contributed by atoms with Crippen LogP contribution in [0.1, 0.15) is 17.3 Å². The van der Waals surface area contributed by atoms with E-state index in [1.165, 1.54) is 4.90 Å². The lowest BCUT2D eigenvalue weighted by Crippen LogP contribution is -2.52. The molecule has 2 rings (SSSR count). The van der Waals surface area contributed by atoms with Crippen LogP contribution in [0.15, 0.2) is 18.2 Å². The van der Waals surface area contributed by atoms with Crippen LogP contribution in [0.2, 0.25) is 0 Å². The SMILES string of the molecule is CC(CN)C(=O)N1CCN(C(=O)c2ccc(F)cc2F)CC1. The van der Waals surface area contributed by atoms with Gasteiger partial charge in [-0.25, -0.2) is 8.78 Å². The number of nitrogens with zero attached hydrogens (tertiary/aromatic N) is 2. The van der Waals surface area contributed by atoms with E-state index in [4.69, 9.17) is 5.73 Å². The van der Waals surface area contributed by atoms with Crippen LogP contribution in [-0.4, -0.2) is 54.3 Å². The van der Waals surface area contributed by atoms with E-state index in [9.17, 15) is 18.4 Å². The molecular weight excluding hydrogens is 292 g/mol. The number of carbonyl (C=O) groups is 2. The van der Waals surface area contributed by atoms with Crippen molar-refractivity contribution in [1.82, 2.24) is 9.80 Å². The van der Waals surface area contributed by atoms with Gasteiger partial charge in [0.2, 0.25) is 5.91 Å². The first-order valence-corrected chi connectivity index (χ1v) is 7.17. The summed E-state index contributed by atoms with van der Waals surface area (Å²) >= 11 is 0. The minimum absolute atomic E-state index is 0.0393. The summed E-state index contributed by atoms with van der Waals surface area (Å²) in [6.07, 6.45) is 0. The predicted molar refractivity (Wildman–Crippen MR) is 77.1 cm³/mol. The molecule has 1 heterocycles. The Morgan fingerprint density at radius 2 is 1.77 bits per heavy atom. The maximum atomic E-state index is 13.6. The fourth-order valence-corrected chi connectivity index (χ4v) is 2.38. The number of rotatable bonds is 3. The Hall–Kier alpha value is -2.02. The number of halogens is 2. The minimum atomic E-state index is -0.875. The Morgan fingerprint density at radius 1 is 1.18 bits per heavy atom. The number of nitrogens with two attached hydrogens (primary N) is 1. The highest BCUT2D eigenvalue weighted by molar-refractivity contribution is 5.94. The fraction of sp³-hybridized carbons (Fsp3) is 0.467. The molecule has 1 aromatic carbocycles. The van der Waals surface area contributed by atoms with Gasteiger partial charge in [0.15, 0.2) is 0 Å². The van der Waals surface area contributed by atoms with Gasteiger partial charge in [0.05, 0.1) is 5.56 Å². The van der Waals surface area contributed by atoms with E-state index in [1.54, 1.807) is 11.8 Å². The molecular formula is C15H19F2N3O2. The standard InChI is InChI=1S/C15H19F2N3O2/c1-10(9-18)14(21)19-4-6-20(7-5-19)15(22)12-3-2-11(16)8-13(12)17/h2-3,8,10H,4-7,9,18H2,1H3. The molecule has 0 bridgehead atoms. The molecule has 1 aliphatic rings. The van der Waals surface area contributed by atoms with Gasteiger partial charge >= 0.3 is 0 Å². The summed E-state index contributed by atoms with van der Waals surface area (Å²) in [6.45, 7) is 3.44. The number of hydrogen-bond acceptors (Lipinski definition) is 3. The van der Waals surface area contributed by atoms with Gasteiger partial charge in [-0.15, -0.1) is 0 Å². The molecule has 22 heavy (non-hydrogen) atoms. The second kappa shape index (κ2) is 6.83. The number of piperazine rings is 1. The van der Waals surface area contributed by atoms with Gasteiger partial charge in [0.25, 0.3) is 5.91 Å². The van der Waals surface area contributed by atoms with Crippen LogP contribution >= 0.6 is 0 Å². The Balaban J connectivity index is 1.99. The van der Waals surface area contributed by atoms with E-state index >= 15 is 0 Å². The van der Waals surface area contributed by atoms with E-state index in [2.05, 4.69) is 0 Å². The maximum absolute atomic E-state index is 13.6. The van der Waals surface area contributed by atoms with Crippen LogP contribution in [0.4, 0.5) is 8.78 Å². The van der Waals surface area contributed by atoms with Gasteiger partial charge in [-0.3, -0.25) is 9.59 Å². The Kier molecular flexibility index (Phi) is 5.07. The molecule has 0 radical (unpaired) electrons. The third-order valence-corrected chi connectivity index (χ3v) is 3.82. The van der Waals surface area contributed by atoms with Gasteiger partial charge < -0.3 is 15.5 Å². The summed E-state index contributed by atoms with van der Waals surface area (Å²) in [4.78, 5) is 27.4. The van der Waals surface area contributed by atoms with Crippen molar-refractivity contribution in [2.45, 2.75) is 6.92 Å². The van der Waals surface area contributed by atoms with Crippen LogP contribution in [0, 0.1) is 17.6 Å². The van der Waals surface area contributed by atoms with Crippen molar-refractivity contribution in [3.8, 4) is 0 Å². The third-order valence-electron chi connectivity index (χ3n) is 3.82. The summed E-state index contributed by atoms with van der Waals surface area (Å²) in [5, 5.41) is 0. The molecule has 0 aliphatic carbocycles. The highest BCUT2D eigenvalue weighted by atomic mass is 19.1. The first-order valence-electron chi connectivity index (χ1n) is 7.17. The van der Waals surface area contributed by atoms with Crippen LogP contribution in [0.3, 0.4) is 0 Å². The Morgan fingerprint density at radius 3 is 2.32 bits per heavy atom. The van der Waals surface area contributed by atoms with Crippen LogP contribution in [-0.2, 0) is 4.79 Å². The predicted octanol–water partition coefficient (Wildman–Crippen LogP) is 0.844. The second-order valence-corrected chi connectivity index (χ2v) is 5.38. The average Bonchev–Trinajstić information content (AvgIpc) is 2.53. The van der Waals surface area contributed by atoms with Crippen LogP contribution in [0.25, 0.3) is 0 Å². The van der Waals surface area contributed by atoms with Gasteiger partial charge in [0.1, 0.15) is 11.6 Å². The average molecular weight is 311 g/mol. The summed E-state index contributed by atoms with van der Waals surface area (Å²) in [5.41, 5.74) is 5.32. The van der Waals surface area contributed by atoms with E-state index in [0.717, 1.165) is 12.1 Å². The summed E-state index contributed by atoms with van der Waals surface area (Å²) in [7, 11) is 0. The zero-order chi connectivity index (χ0) is 16.3. The van der Waals surface area contributed by atoms with Gasteiger partial charge in [-0.05, 0) is 12.1 Å². The van der Waals surface area contributed by atoms with Crippen molar-refractivity contribution in [2.75, 3.05) is 32.7 Å². The first-order chi connectivity index (χ1) is 10.4. The van der Waals surface area contributed by atoms with Crippen molar-refractivity contribution in [2.24, 2.45) is 11.7 Å². The number of amides is 2. The molecule has 0 saturated carbocycles. The van der Waals surface area contributed by atoms with Crippen molar-refractivity contribution in [3.63, 3.8) is 0 Å². The minimum Gasteiger partial charge on any atom is -0.339 e. The van der Waals surface area contributed by atoms with Crippen LogP contribution in [0.5, 0.6) is 0 Å². The highest BCUT2D eigenvalue weighted by Gasteiger charge is 2.27. The van der Waals surface area contributed by atoms with E-state index in [1.807, 2.05) is 0 Å². The summed E-state index contributed by atoms with van der Waals surface area (Å²) < 4.78 is 26.5. The lowest BCUT2D eigenvalue weighted by atomic mass is 10.1. The lowest BCUT2D eigenvalue weighted by molar-refractivity contribution is -0.136. The molecule has 1 unspecified atom stereocenters. The van der Waals surface area contributed by atoms with Crippen molar-refractivity contribution in [1.29, 1.82) is 0 Å². The quantitative estimate of drug-likeness (QED) is 0.900. The fourth-order valence-electron chi connectivity index (χ4n) is 2.38. The molecule has 5 nitrogen and oxygen atoms in total. The summed E-state index contributed by atoms with van der Waals surface area (Å²) in [6, 6.07) is 2.88. The molecule has 1 aromatic rings. The molecule has 0 aromatic heterocycles. The first kappa shape index (κ1) is 16.4. The van der Waals surface area contributed by atoms with E-state index in [0.29, 0.717) is 32.2 Å². The molecule has 7 heteroatoms. The molecule has 1 aliphatic heterocycles. The molecule has 1 saturated heterocycles. The molecule has 1 atom stereocenters. The second-order valence-electron chi connectivity index (χ2n) is 5.38. The maximum Gasteiger partial charge on any atom is 0.256 e. The van der Waals surface area contributed by atoms with E-state index in [-0.39, 0.29) is 23.9 Å². The molecule has 2 amide bonds. The largest absolute Gasteiger partial charge is 0.339 e. The van der Waals surface area contributed by atoms with Crippen molar-refractivity contribution < 1.29 is 18.4 Å². The Labute approximate surface area is 127 Å². The van der Waals surface area contributed by atoms with Crippen LogP contribution < -0.4 is 5.73 Å². The summed E-state index contributed by atoms with van der Waals surface area (Å²) in [5.74, 6) is -2.38. The highest BCUT2D eigenvalue weighted by Crippen LogP contribution is 2.14. The monoisotopic (exact) mass is 311 g/mol. The van der Waals surface area contributed by atoms with E-state index < -0.39 is 17.5 Å². The normalized spacial score (nSPS) is 16.5. The number of carbonyl (C=O) groups excluding carboxylic acids is 2. The smallest absolute Gasteiger partial charge is 0.256 e. The molecule has 0 spiro atoms. The lowest BCUT2D eigenvalue weighted by Gasteiger charge is -2.36. The Bertz CT molecular complexity index is 572. The number of benzene rings is 1. The zero-order valence-corrected chi connectivity index (χ0v) is 12.4. The van der Waals surface area contributed by atoms with Gasteiger partial charge in [-0.1, -0.05) is 6.92 Å². The third kappa shape index (κ3) is 3.41. The number of hydrogen-bond donors (Lipinski definition) is 1. The van der Waals surface area contributed by atoms with Crippen molar-refractivity contribution in [3.05, 3.63) is 35.4 Å². The molecule has 1 fully saturated rings. The topological polar surface area (TPSA) is 66.6 Å². The van der Waals surface area contributed by atoms with Crippen molar-refractivity contribution >= 4 is 11.8 Å². The zero-order valence-electron chi connectivity index (χ0n) is 12.4. The van der Waals surface area contributed by atoms with Gasteiger partial charge in [0, 0.05) is 44.7 Å². The molecule has 120 valence electrons. The molecule has 2 N–H and O–H groups in total.